The molecule has 2 aromatic rings. The molecule has 2 N–H and O–H groups in total. The van der Waals surface area contributed by atoms with Gasteiger partial charge in [0.05, 0.1) is 31.1 Å². The number of carbonyl (C=O) groups excluding carboxylic acids is 2. The fourth-order valence-corrected chi connectivity index (χ4v) is 4.23. The minimum Gasteiger partial charge on any atom is -0.493 e. The van der Waals surface area contributed by atoms with Crippen molar-refractivity contribution in [1.29, 1.82) is 0 Å². The first-order chi connectivity index (χ1) is 14.0. The van der Waals surface area contributed by atoms with E-state index in [0.29, 0.717) is 58.4 Å². The third-order valence-corrected chi connectivity index (χ3v) is 5.49. The Labute approximate surface area is 166 Å². The Hall–Kier alpha value is -3.68. The lowest BCUT2D eigenvalue weighted by atomic mass is 9.93. The molecular weight excluding hydrogens is 376 g/mol. The minimum atomic E-state index is -0.623. The molecule has 0 saturated carbocycles. The van der Waals surface area contributed by atoms with Crippen LogP contribution < -0.4 is 24.7 Å². The Kier molecular flexibility index (Phi) is 3.70. The Morgan fingerprint density at radius 1 is 1.10 bits per heavy atom. The van der Waals surface area contributed by atoms with E-state index in [1.807, 2.05) is 6.07 Å². The van der Waals surface area contributed by atoms with Crippen molar-refractivity contribution in [1.82, 2.24) is 4.90 Å². The lowest BCUT2D eigenvalue weighted by Crippen LogP contribution is -2.26. The average Bonchev–Trinajstić information content (AvgIpc) is 3.22. The average molecular weight is 394 g/mol. The first kappa shape index (κ1) is 17.4. The molecule has 5 rings (SSSR count). The minimum absolute atomic E-state index is 0.130. The Morgan fingerprint density at radius 3 is 2.55 bits per heavy atom. The summed E-state index contributed by atoms with van der Waals surface area (Å²) in [6.45, 7) is 0.517. The smallest absolute Gasteiger partial charge is 0.262 e. The number of primary amides is 1. The van der Waals surface area contributed by atoms with Crippen LogP contribution in [0, 0.1) is 0 Å². The van der Waals surface area contributed by atoms with Gasteiger partial charge in [0.25, 0.3) is 11.8 Å². The van der Waals surface area contributed by atoms with Gasteiger partial charge < -0.3 is 29.6 Å². The van der Waals surface area contributed by atoms with Gasteiger partial charge in [-0.15, -0.1) is 0 Å². The maximum Gasteiger partial charge on any atom is 0.262 e. The zero-order chi connectivity index (χ0) is 20.3. The van der Waals surface area contributed by atoms with E-state index >= 15 is 0 Å². The van der Waals surface area contributed by atoms with E-state index in [2.05, 4.69) is 0 Å². The maximum atomic E-state index is 13.3. The maximum absolute atomic E-state index is 13.3. The summed E-state index contributed by atoms with van der Waals surface area (Å²) in [4.78, 5) is 27.5. The Balaban J connectivity index is 1.83. The molecule has 3 heterocycles. The summed E-state index contributed by atoms with van der Waals surface area (Å²) in [7, 11) is 2.99. The van der Waals surface area contributed by atoms with Gasteiger partial charge in [-0.25, -0.2) is 0 Å². The van der Waals surface area contributed by atoms with Crippen molar-refractivity contribution in [3.8, 4) is 23.0 Å². The van der Waals surface area contributed by atoms with Crippen LogP contribution in [0.5, 0.6) is 23.0 Å². The molecule has 2 aromatic carbocycles. The van der Waals surface area contributed by atoms with Crippen molar-refractivity contribution in [3.05, 3.63) is 46.5 Å². The van der Waals surface area contributed by atoms with Gasteiger partial charge in [0.1, 0.15) is 0 Å². The van der Waals surface area contributed by atoms with E-state index in [9.17, 15) is 9.59 Å². The van der Waals surface area contributed by atoms with Crippen molar-refractivity contribution in [2.45, 2.75) is 6.42 Å². The van der Waals surface area contributed by atoms with Crippen LogP contribution in [-0.4, -0.2) is 44.3 Å². The number of hydrogen-bond donors (Lipinski definition) is 1. The summed E-state index contributed by atoms with van der Waals surface area (Å²) in [6.07, 6.45) is 0.533. The topological polar surface area (TPSA) is 100 Å². The van der Waals surface area contributed by atoms with Gasteiger partial charge in [-0.05, 0) is 41.8 Å². The molecular formula is C21H18N2O6. The van der Waals surface area contributed by atoms with Crippen molar-refractivity contribution in [2.24, 2.45) is 5.73 Å². The third kappa shape index (κ3) is 2.32. The van der Waals surface area contributed by atoms with Gasteiger partial charge in [0.2, 0.25) is 6.79 Å². The predicted molar refractivity (Wildman–Crippen MR) is 103 cm³/mol. The highest BCUT2D eigenvalue weighted by atomic mass is 16.7. The molecule has 0 unspecified atom stereocenters. The number of carbonyl (C=O) groups is 2. The van der Waals surface area contributed by atoms with Crippen LogP contribution in [0.1, 0.15) is 27.0 Å². The predicted octanol–water partition coefficient (Wildman–Crippen LogP) is 1.80. The molecule has 0 radical (unpaired) electrons. The largest absolute Gasteiger partial charge is 0.493 e. The van der Waals surface area contributed by atoms with Crippen LogP contribution in [0.25, 0.3) is 11.3 Å². The first-order valence-corrected chi connectivity index (χ1v) is 9.09. The number of nitrogens with zero attached hydrogens (tertiary/aromatic N) is 1. The second-order valence-electron chi connectivity index (χ2n) is 6.88. The van der Waals surface area contributed by atoms with Crippen molar-refractivity contribution >= 4 is 23.1 Å². The van der Waals surface area contributed by atoms with E-state index in [-0.39, 0.29) is 18.3 Å². The van der Waals surface area contributed by atoms with Crippen LogP contribution in [0.2, 0.25) is 0 Å². The van der Waals surface area contributed by atoms with Gasteiger partial charge in [-0.1, -0.05) is 0 Å². The van der Waals surface area contributed by atoms with Crippen LogP contribution in [0.3, 0.4) is 0 Å². The van der Waals surface area contributed by atoms with Gasteiger partial charge in [-0.3, -0.25) is 9.59 Å². The zero-order valence-corrected chi connectivity index (χ0v) is 15.9. The van der Waals surface area contributed by atoms with E-state index in [4.69, 9.17) is 24.7 Å². The van der Waals surface area contributed by atoms with Crippen LogP contribution >= 0.6 is 0 Å². The number of methoxy groups -OCH3 is 2. The van der Waals surface area contributed by atoms with E-state index < -0.39 is 5.91 Å². The zero-order valence-electron chi connectivity index (χ0n) is 15.9. The third-order valence-electron chi connectivity index (χ3n) is 5.49. The number of benzene rings is 2. The normalized spacial score (nSPS) is 16.2. The SMILES string of the molecule is COc1ccc2c(c1OC)C(=O)N1CCc3cc4c(cc3C(C(N)=O)=C21)OCO4. The summed E-state index contributed by atoms with van der Waals surface area (Å²) in [5, 5.41) is 0. The van der Waals surface area contributed by atoms with Gasteiger partial charge >= 0.3 is 0 Å². The molecule has 0 aliphatic carbocycles. The number of fused-ring (bicyclic) bond motifs is 5. The van der Waals surface area contributed by atoms with Gasteiger partial charge in [0.15, 0.2) is 23.0 Å². The highest BCUT2D eigenvalue weighted by molar-refractivity contribution is 6.31. The summed E-state index contributed by atoms with van der Waals surface area (Å²) >= 11 is 0. The lowest BCUT2D eigenvalue weighted by Gasteiger charge is -2.17. The molecule has 8 heteroatoms. The molecule has 0 fully saturated rings. The molecule has 148 valence electrons. The van der Waals surface area contributed by atoms with Crippen molar-refractivity contribution in [3.63, 3.8) is 0 Å². The fourth-order valence-electron chi connectivity index (χ4n) is 4.23. The summed E-state index contributed by atoms with van der Waals surface area (Å²) in [5.74, 6) is 1.08. The molecule has 3 aliphatic rings. The summed E-state index contributed by atoms with van der Waals surface area (Å²) < 4.78 is 21.8. The fraction of sp³-hybridized carbons (Fsp3) is 0.238. The second-order valence-corrected chi connectivity index (χ2v) is 6.88. The standard InChI is InChI=1S/C21H18N2O6/c1-26-13-4-3-11-17(19(13)27-2)21(25)23-6-5-10-7-14-15(29-9-28-14)8-12(10)16(18(11)23)20(22)24/h3-4,7-8H,5-6,9H2,1-2H3,(H2,22,24). The molecule has 29 heavy (non-hydrogen) atoms. The molecule has 0 spiro atoms. The molecule has 8 nitrogen and oxygen atoms in total. The monoisotopic (exact) mass is 394 g/mol. The highest BCUT2D eigenvalue weighted by Crippen LogP contribution is 2.48. The summed E-state index contributed by atoms with van der Waals surface area (Å²) in [6, 6.07) is 7.08. The summed E-state index contributed by atoms with van der Waals surface area (Å²) in [5.41, 5.74) is 9.05. The molecule has 0 atom stereocenters. The molecule has 2 amide bonds. The number of amides is 2. The van der Waals surface area contributed by atoms with Crippen LogP contribution in [-0.2, 0) is 11.2 Å². The number of rotatable bonds is 3. The Bertz CT molecular complexity index is 1120. The van der Waals surface area contributed by atoms with Crippen molar-refractivity contribution < 1.29 is 28.5 Å². The second kappa shape index (κ2) is 6.16. The quantitative estimate of drug-likeness (QED) is 0.852. The Morgan fingerprint density at radius 2 is 1.86 bits per heavy atom. The van der Waals surface area contributed by atoms with E-state index in [0.717, 1.165) is 5.56 Å². The number of ether oxygens (including phenoxy) is 4. The molecule has 0 aromatic heterocycles. The number of nitrogens with two attached hydrogens (primary N) is 1. The highest BCUT2D eigenvalue weighted by Gasteiger charge is 2.41. The lowest BCUT2D eigenvalue weighted by molar-refractivity contribution is -0.112. The molecule has 0 saturated heterocycles. The van der Waals surface area contributed by atoms with Crippen LogP contribution in [0.4, 0.5) is 0 Å². The number of hydrogen-bond acceptors (Lipinski definition) is 6. The van der Waals surface area contributed by atoms with Gasteiger partial charge in [-0.2, -0.15) is 0 Å². The van der Waals surface area contributed by atoms with E-state index in [1.54, 1.807) is 23.1 Å². The van der Waals surface area contributed by atoms with Crippen molar-refractivity contribution in [2.75, 3.05) is 27.6 Å². The first-order valence-electron chi connectivity index (χ1n) is 9.09. The molecule has 0 bridgehead atoms. The van der Waals surface area contributed by atoms with Gasteiger partial charge in [0, 0.05) is 12.1 Å². The van der Waals surface area contributed by atoms with E-state index in [1.165, 1.54) is 14.2 Å². The van der Waals surface area contributed by atoms with Crippen LogP contribution in [0.15, 0.2) is 24.3 Å². The molecule has 3 aliphatic heterocycles.